The van der Waals surface area contributed by atoms with Gasteiger partial charge in [-0.1, -0.05) is 0 Å². The number of carboxylic acids is 1. The van der Waals surface area contributed by atoms with E-state index in [4.69, 9.17) is 9.84 Å². The number of carbonyl (C=O) groups is 2. The minimum atomic E-state index is -1.00. The first kappa shape index (κ1) is 11.0. The van der Waals surface area contributed by atoms with E-state index in [1.165, 1.54) is 6.92 Å². The maximum absolute atomic E-state index is 10.8. The summed E-state index contributed by atoms with van der Waals surface area (Å²) in [4.78, 5) is 21.5. The standard InChI is InChI=1S/C9H15NO4/c1-6(11)10-8(9(12)13)5-7-3-2-4-14-7/h7-8H,2-5H2,1H3,(H,10,11)(H,12,13)/t7-,8?/m0/s1. The van der Waals surface area contributed by atoms with Gasteiger partial charge in [-0.3, -0.25) is 4.79 Å². The van der Waals surface area contributed by atoms with Crippen molar-refractivity contribution in [1.29, 1.82) is 0 Å². The van der Waals surface area contributed by atoms with Crippen LogP contribution in [-0.4, -0.2) is 35.7 Å². The first-order valence-corrected chi connectivity index (χ1v) is 4.71. The molecule has 5 heteroatoms. The molecule has 1 unspecified atom stereocenters. The minimum absolute atomic E-state index is 0.0250. The van der Waals surface area contributed by atoms with Gasteiger partial charge in [-0.05, 0) is 12.8 Å². The monoisotopic (exact) mass is 201 g/mol. The predicted octanol–water partition coefficient (Wildman–Crippen LogP) is 0.145. The number of nitrogens with one attached hydrogen (secondary N) is 1. The van der Waals surface area contributed by atoms with Crippen molar-refractivity contribution in [3.63, 3.8) is 0 Å². The largest absolute Gasteiger partial charge is 0.480 e. The van der Waals surface area contributed by atoms with Gasteiger partial charge >= 0.3 is 5.97 Å². The van der Waals surface area contributed by atoms with Gasteiger partial charge in [-0.25, -0.2) is 4.79 Å². The molecule has 1 aliphatic rings. The number of ether oxygens (including phenoxy) is 1. The van der Waals surface area contributed by atoms with E-state index in [1.54, 1.807) is 0 Å². The number of amides is 1. The fourth-order valence-electron chi connectivity index (χ4n) is 1.56. The summed E-state index contributed by atoms with van der Waals surface area (Å²) < 4.78 is 5.30. The van der Waals surface area contributed by atoms with Crippen LogP contribution in [0.2, 0.25) is 0 Å². The van der Waals surface area contributed by atoms with Gasteiger partial charge in [0.05, 0.1) is 6.10 Å². The molecule has 2 N–H and O–H groups in total. The average Bonchev–Trinajstić information content (AvgIpc) is 2.54. The zero-order chi connectivity index (χ0) is 10.6. The van der Waals surface area contributed by atoms with Crippen molar-refractivity contribution < 1.29 is 19.4 Å². The summed E-state index contributed by atoms with van der Waals surface area (Å²) in [6.07, 6.45) is 2.18. The molecule has 5 nitrogen and oxygen atoms in total. The molecule has 0 bridgehead atoms. The van der Waals surface area contributed by atoms with Crippen LogP contribution in [-0.2, 0) is 14.3 Å². The zero-order valence-corrected chi connectivity index (χ0v) is 8.16. The third-order valence-corrected chi connectivity index (χ3v) is 2.20. The summed E-state index contributed by atoms with van der Waals surface area (Å²) in [5.41, 5.74) is 0. The second kappa shape index (κ2) is 4.95. The first-order valence-electron chi connectivity index (χ1n) is 4.71. The van der Waals surface area contributed by atoms with Gasteiger partial charge in [0, 0.05) is 20.0 Å². The lowest BCUT2D eigenvalue weighted by Crippen LogP contribution is -2.41. The Balaban J connectivity index is 2.41. The number of hydrogen-bond donors (Lipinski definition) is 2. The van der Waals surface area contributed by atoms with Gasteiger partial charge in [-0.15, -0.1) is 0 Å². The van der Waals surface area contributed by atoms with Crippen molar-refractivity contribution >= 4 is 11.9 Å². The van der Waals surface area contributed by atoms with Crippen molar-refractivity contribution in [2.45, 2.75) is 38.3 Å². The number of aliphatic carboxylic acids is 1. The Labute approximate surface area is 82.4 Å². The van der Waals surface area contributed by atoms with Crippen LogP contribution in [0, 0.1) is 0 Å². The highest BCUT2D eigenvalue weighted by atomic mass is 16.5. The molecule has 1 aliphatic heterocycles. The fraction of sp³-hybridized carbons (Fsp3) is 0.778. The molecule has 0 aliphatic carbocycles. The molecule has 0 radical (unpaired) electrons. The number of carboxylic acid groups (broad SMARTS) is 1. The van der Waals surface area contributed by atoms with E-state index >= 15 is 0 Å². The molecule has 2 atom stereocenters. The van der Waals surface area contributed by atoms with Gasteiger partial charge in [0.25, 0.3) is 0 Å². The van der Waals surface area contributed by atoms with Crippen molar-refractivity contribution in [2.75, 3.05) is 6.61 Å². The molecule has 0 aromatic carbocycles. The number of rotatable bonds is 4. The highest BCUT2D eigenvalue weighted by Gasteiger charge is 2.25. The smallest absolute Gasteiger partial charge is 0.326 e. The normalized spacial score (nSPS) is 23.1. The Kier molecular flexibility index (Phi) is 3.88. The zero-order valence-electron chi connectivity index (χ0n) is 8.16. The van der Waals surface area contributed by atoms with E-state index in [2.05, 4.69) is 5.32 Å². The van der Waals surface area contributed by atoms with Gasteiger partial charge in [-0.2, -0.15) is 0 Å². The van der Waals surface area contributed by atoms with Crippen LogP contribution >= 0.6 is 0 Å². The molecule has 1 saturated heterocycles. The first-order chi connectivity index (χ1) is 6.59. The van der Waals surface area contributed by atoms with Crippen LogP contribution in [0.4, 0.5) is 0 Å². The second-order valence-electron chi connectivity index (χ2n) is 3.46. The molecule has 1 rings (SSSR count). The van der Waals surface area contributed by atoms with E-state index in [1.807, 2.05) is 0 Å². The maximum Gasteiger partial charge on any atom is 0.326 e. The lowest BCUT2D eigenvalue weighted by Gasteiger charge is -2.16. The Morgan fingerprint density at radius 1 is 1.64 bits per heavy atom. The molecule has 80 valence electrons. The quantitative estimate of drug-likeness (QED) is 0.678. The van der Waals surface area contributed by atoms with Gasteiger partial charge in [0.1, 0.15) is 6.04 Å². The van der Waals surface area contributed by atoms with E-state index in [9.17, 15) is 9.59 Å². The molecular formula is C9H15NO4. The molecule has 0 saturated carbocycles. The molecule has 0 spiro atoms. The number of hydrogen-bond acceptors (Lipinski definition) is 3. The number of carbonyl (C=O) groups excluding carboxylic acids is 1. The van der Waals surface area contributed by atoms with Crippen LogP contribution in [0.25, 0.3) is 0 Å². The fourth-order valence-corrected chi connectivity index (χ4v) is 1.56. The van der Waals surface area contributed by atoms with Crippen LogP contribution in [0.15, 0.2) is 0 Å². The van der Waals surface area contributed by atoms with E-state index in [0.29, 0.717) is 13.0 Å². The lowest BCUT2D eigenvalue weighted by atomic mass is 10.1. The van der Waals surface area contributed by atoms with Gasteiger partial charge in [0.15, 0.2) is 0 Å². The van der Waals surface area contributed by atoms with Crippen molar-refractivity contribution in [3.8, 4) is 0 Å². The molecule has 14 heavy (non-hydrogen) atoms. The third-order valence-electron chi connectivity index (χ3n) is 2.20. The summed E-state index contributed by atoms with van der Waals surface area (Å²) in [7, 11) is 0. The van der Waals surface area contributed by atoms with E-state index in [0.717, 1.165) is 12.8 Å². The Hall–Kier alpha value is -1.10. The van der Waals surface area contributed by atoms with E-state index in [-0.39, 0.29) is 12.0 Å². The van der Waals surface area contributed by atoms with Crippen LogP contribution < -0.4 is 5.32 Å². The molecule has 1 fully saturated rings. The van der Waals surface area contributed by atoms with E-state index < -0.39 is 12.0 Å². The van der Waals surface area contributed by atoms with Crippen molar-refractivity contribution in [2.24, 2.45) is 0 Å². The maximum atomic E-state index is 10.8. The van der Waals surface area contributed by atoms with Gasteiger partial charge < -0.3 is 15.2 Å². The van der Waals surface area contributed by atoms with Crippen LogP contribution in [0.3, 0.4) is 0 Å². The van der Waals surface area contributed by atoms with Gasteiger partial charge in [0.2, 0.25) is 5.91 Å². The highest BCUT2D eigenvalue weighted by molar-refractivity contribution is 5.82. The summed E-state index contributed by atoms with van der Waals surface area (Å²) in [6.45, 7) is 2.00. The summed E-state index contributed by atoms with van der Waals surface area (Å²) >= 11 is 0. The summed E-state index contributed by atoms with van der Waals surface area (Å²) in [5, 5.41) is 11.2. The SMILES string of the molecule is CC(=O)NC(C[C@@H]1CCCO1)C(=O)O. The minimum Gasteiger partial charge on any atom is -0.480 e. The lowest BCUT2D eigenvalue weighted by molar-refractivity contribution is -0.142. The van der Waals surface area contributed by atoms with Crippen molar-refractivity contribution in [1.82, 2.24) is 5.32 Å². The molecule has 0 aromatic rings. The van der Waals surface area contributed by atoms with Crippen LogP contribution in [0.1, 0.15) is 26.2 Å². The highest BCUT2D eigenvalue weighted by Crippen LogP contribution is 2.16. The third kappa shape index (κ3) is 3.33. The topological polar surface area (TPSA) is 75.6 Å². The Bertz CT molecular complexity index is 223. The molecule has 1 heterocycles. The van der Waals surface area contributed by atoms with Crippen LogP contribution in [0.5, 0.6) is 0 Å². The van der Waals surface area contributed by atoms with Crippen molar-refractivity contribution in [3.05, 3.63) is 0 Å². The predicted molar refractivity (Wildman–Crippen MR) is 48.8 cm³/mol. The summed E-state index contributed by atoms with van der Waals surface area (Å²) in [6, 6.07) is -0.824. The Morgan fingerprint density at radius 3 is 2.79 bits per heavy atom. The molecule has 1 amide bonds. The Morgan fingerprint density at radius 2 is 2.36 bits per heavy atom. The molecule has 0 aromatic heterocycles. The summed E-state index contributed by atoms with van der Waals surface area (Å²) in [5.74, 6) is -1.33. The molecular weight excluding hydrogens is 186 g/mol. The average molecular weight is 201 g/mol. The second-order valence-corrected chi connectivity index (χ2v) is 3.46.